The van der Waals surface area contributed by atoms with Crippen molar-refractivity contribution >= 4 is 17.6 Å². The summed E-state index contributed by atoms with van der Waals surface area (Å²) in [4.78, 5) is 22.8. The average Bonchev–Trinajstić information content (AvgIpc) is 2.83. The van der Waals surface area contributed by atoms with E-state index in [1.54, 1.807) is 6.07 Å². The number of nitrogens with one attached hydrogen (secondary N) is 3. The number of amides is 3. The molecule has 3 amide bonds. The van der Waals surface area contributed by atoms with Gasteiger partial charge in [0, 0.05) is 18.4 Å². The molecule has 0 unspecified atom stereocenters. The maximum Gasteiger partial charge on any atom is 0.319 e. The summed E-state index contributed by atoms with van der Waals surface area (Å²) in [5, 5.41) is 12.0. The first kappa shape index (κ1) is 15.6. The Morgan fingerprint density at radius 1 is 1.23 bits per heavy atom. The van der Waals surface area contributed by atoms with Crippen LogP contribution in [0.1, 0.15) is 11.4 Å². The third-order valence-corrected chi connectivity index (χ3v) is 3.05. The Kier molecular flexibility index (Phi) is 4.77. The quantitative estimate of drug-likeness (QED) is 0.796. The Labute approximate surface area is 128 Å². The summed E-state index contributed by atoms with van der Waals surface area (Å²) in [5.41, 5.74) is 3.42. The molecule has 1 heterocycles. The Hall–Kier alpha value is -2.83. The molecular weight excluding hydrogens is 282 g/mol. The van der Waals surface area contributed by atoms with Crippen LogP contribution in [0.2, 0.25) is 0 Å². The second-order valence-corrected chi connectivity index (χ2v) is 4.87. The lowest BCUT2D eigenvalue weighted by Gasteiger charge is -2.09. The first-order chi connectivity index (χ1) is 10.5. The van der Waals surface area contributed by atoms with Gasteiger partial charge in [-0.3, -0.25) is 4.79 Å². The lowest BCUT2D eigenvalue weighted by atomic mass is 10.2. The van der Waals surface area contributed by atoms with E-state index in [0.29, 0.717) is 5.69 Å². The molecule has 0 fully saturated rings. The van der Waals surface area contributed by atoms with Crippen LogP contribution in [0.3, 0.4) is 0 Å². The van der Waals surface area contributed by atoms with Crippen LogP contribution in [0.4, 0.5) is 10.5 Å². The van der Waals surface area contributed by atoms with Crippen molar-refractivity contribution in [3.05, 3.63) is 41.7 Å². The van der Waals surface area contributed by atoms with Crippen molar-refractivity contribution in [3.63, 3.8) is 0 Å². The van der Waals surface area contributed by atoms with E-state index in [0.717, 1.165) is 17.1 Å². The van der Waals surface area contributed by atoms with Crippen LogP contribution in [0.5, 0.6) is 0 Å². The van der Waals surface area contributed by atoms with Crippen molar-refractivity contribution in [2.45, 2.75) is 13.8 Å². The fraction of sp³-hybridized carbons (Fsp3) is 0.267. The number of hydrogen-bond acceptors (Lipinski definition) is 3. The van der Waals surface area contributed by atoms with Crippen molar-refractivity contribution in [2.24, 2.45) is 0 Å². The Morgan fingerprint density at radius 3 is 2.64 bits per heavy atom. The predicted molar refractivity (Wildman–Crippen MR) is 84.1 cm³/mol. The summed E-state index contributed by atoms with van der Waals surface area (Å²) in [6.45, 7) is 3.83. The second-order valence-electron chi connectivity index (χ2n) is 4.87. The molecule has 2 aromatic rings. The molecule has 0 spiro atoms. The molecule has 2 rings (SSSR count). The lowest BCUT2D eigenvalue weighted by Crippen LogP contribution is -2.37. The van der Waals surface area contributed by atoms with Gasteiger partial charge in [0.05, 0.1) is 17.9 Å². The molecule has 0 bridgehead atoms. The van der Waals surface area contributed by atoms with Crippen LogP contribution >= 0.6 is 0 Å². The molecule has 7 heteroatoms. The van der Waals surface area contributed by atoms with Crippen LogP contribution in [0.15, 0.2) is 30.3 Å². The summed E-state index contributed by atoms with van der Waals surface area (Å²) in [7, 11) is 1.51. The van der Waals surface area contributed by atoms with Crippen LogP contribution in [-0.4, -0.2) is 35.3 Å². The topological polar surface area (TPSA) is 88.0 Å². The van der Waals surface area contributed by atoms with Crippen molar-refractivity contribution in [1.82, 2.24) is 20.4 Å². The van der Waals surface area contributed by atoms with Gasteiger partial charge in [0.25, 0.3) is 0 Å². The third kappa shape index (κ3) is 3.85. The van der Waals surface area contributed by atoms with Gasteiger partial charge < -0.3 is 16.0 Å². The van der Waals surface area contributed by atoms with Crippen molar-refractivity contribution in [1.29, 1.82) is 0 Å². The number of urea groups is 1. The van der Waals surface area contributed by atoms with E-state index in [2.05, 4.69) is 21.0 Å². The van der Waals surface area contributed by atoms with E-state index < -0.39 is 6.03 Å². The molecule has 0 aliphatic heterocycles. The summed E-state index contributed by atoms with van der Waals surface area (Å²) >= 11 is 0. The second kappa shape index (κ2) is 6.75. The van der Waals surface area contributed by atoms with E-state index in [-0.39, 0.29) is 12.5 Å². The third-order valence-electron chi connectivity index (χ3n) is 3.05. The van der Waals surface area contributed by atoms with E-state index in [9.17, 15) is 9.59 Å². The smallest absolute Gasteiger partial charge is 0.319 e. The Balaban J connectivity index is 2.07. The highest BCUT2D eigenvalue weighted by Gasteiger charge is 2.07. The molecule has 22 heavy (non-hydrogen) atoms. The van der Waals surface area contributed by atoms with Gasteiger partial charge in [0.1, 0.15) is 0 Å². The number of carbonyl (C=O) groups is 2. The number of aromatic nitrogens is 2. The standard InChI is InChI=1S/C15H19N5O2/c1-10-7-11(2)20(19-10)13-6-4-5-12(8-13)18-15(22)17-9-14(21)16-3/h4-8H,9H2,1-3H3,(H,16,21)(H2,17,18,22). The monoisotopic (exact) mass is 301 g/mol. The highest BCUT2D eigenvalue weighted by atomic mass is 16.2. The van der Waals surface area contributed by atoms with Crippen LogP contribution in [0, 0.1) is 13.8 Å². The van der Waals surface area contributed by atoms with E-state index in [1.807, 2.05) is 42.8 Å². The number of aryl methyl sites for hydroxylation is 2. The van der Waals surface area contributed by atoms with Gasteiger partial charge in [0.15, 0.2) is 0 Å². The molecule has 116 valence electrons. The molecule has 1 aromatic heterocycles. The van der Waals surface area contributed by atoms with E-state index >= 15 is 0 Å². The highest BCUT2D eigenvalue weighted by Crippen LogP contribution is 2.16. The summed E-state index contributed by atoms with van der Waals surface area (Å²) in [6, 6.07) is 8.88. The molecule has 3 N–H and O–H groups in total. The maximum absolute atomic E-state index is 11.7. The van der Waals surface area contributed by atoms with Gasteiger partial charge in [-0.05, 0) is 38.1 Å². The minimum absolute atomic E-state index is 0.0700. The minimum Gasteiger partial charge on any atom is -0.358 e. The normalized spacial score (nSPS) is 10.1. The van der Waals surface area contributed by atoms with Crippen LogP contribution in [0.25, 0.3) is 5.69 Å². The van der Waals surface area contributed by atoms with Gasteiger partial charge >= 0.3 is 6.03 Å². The van der Waals surface area contributed by atoms with E-state index in [4.69, 9.17) is 0 Å². The number of hydrogen-bond donors (Lipinski definition) is 3. The molecule has 0 aliphatic carbocycles. The molecule has 0 aliphatic rings. The lowest BCUT2D eigenvalue weighted by molar-refractivity contribution is -0.119. The zero-order valence-corrected chi connectivity index (χ0v) is 12.8. The van der Waals surface area contributed by atoms with Crippen molar-refractivity contribution in [3.8, 4) is 5.69 Å². The highest BCUT2D eigenvalue weighted by molar-refractivity contribution is 5.92. The number of nitrogens with zero attached hydrogens (tertiary/aromatic N) is 2. The zero-order valence-electron chi connectivity index (χ0n) is 12.8. The van der Waals surface area contributed by atoms with Gasteiger partial charge in [-0.15, -0.1) is 0 Å². The first-order valence-electron chi connectivity index (χ1n) is 6.88. The maximum atomic E-state index is 11.7. The molecule has 0 atom stereocenters. The average molecular weight is 301 g/mol. The van der Waals surface area contributed by atoms with E-state index in [1.165, 1.54) is 7.05 Å². The molecular formula is C15H19N5O2. The molecule has 7 nitrogen and oxygen atoms in total. The van der Waals surface area contributed by atoms with Gasteiger partial charge in [-0.1, -0.05) is 6.07 Å². The molecule has 0 saturated heterocycles. The fourth-order valence-corrected chi connectivity index (χ4v) is 2.03. The number of rotatable bonds is 4. The SMILES string of the molecule is CNC(=O)CNC(=O)Nc1cccc(-n2nc(C)cc2C)c1. The Morgan fingerprint density at radius 2 is 2.00 bits per heavy atom. The van der Waals surface area contributed by atoms with Gasteiger partial charge in [0.2, 0.25) is 5.91 Å². The van der Waals surface area contributed by atoms with Gasteiger partial charge in [-0.2, -0.15) is 5.10 Å². The number of anilines is 1. The molecule has 0 saturated carbocycles. The molecule has 1 aromatic carbocycles. The van der Waals surface area contributed by atoms with Crippen molar-refractivity contribution < 1.29 is 9.59 Å². The minimum atomic E-state index is -0.436. The van der Waals surface area contributed by atoms with Crippen molar-refractivity contribution in [2.75, 3.05) is 18.9 Å². The summed E-state index contributed by atoms with van der Waals surface area (Å²) in [5.74, 6) is -0.258. The first-order valence-corrected chi connectivity index (χ1v) is 6.88. The van der Waals surface area contributed by atoms with Gasteiger partial charge in [-0.25, -0.2) is 9.48 Å². The Bertz CT molecular complexity index is 693. The predicted octanol–water partition coefficient (Wildman–Crippen LogP) is 1.36. The fourth-order valence-electron chi connectivity index (χ4n) is 2.03. The zero-order chi connectivity index (χ0) is 16.1. The van der Waals surface area contributed by atoms with Crippen LogP contribution in [-0.2, 0) is 4.79 Å². The van der Waals surface area contributed by atoms with Crippen LogP contribution < -0.4 is 16.0 Å². The number of likely N-dealkylation sites (N-methyl/N-ethyl adjacent to an activating group) is 1. The summed E-state index contributed by atoms with van der Waals surface area (Å²) < 4.78 is 1.81. The number of benzene rings is 1. The largest absolute Gasteiger partial charge is 0.358 e. The number of carbonyl (C=O) groups excluding carboxylic acids is 2. The summed E-state index contributed by atoms with van der Waals surface area (Å²) in [6.07, 6.45) is 0. The molecule has 0 radical (unpaired) electrons.